The molecule has 0 saturated heterocycles. The van der Waals surface area contributed by atoms with Crippen LogP contribution in [0.25, 0.3) is 11.1 Å². The molecule has 0 radical (unpaired) electrons. The summed E-state index contributed by atoms with van der Waals surface area (Å²) in [5.41, 5.74) is 10.6. The van der Waals surface area contributed by atoms with Gasteiger partial charge in [-0.2, -0.15) is 0 Å². The van der Waals surface area contributed by atoms with E-state index in [0.717, 1.165) is 19.3 Å². The Morgan fingerprint density at radius 3 is 2.17 bits per heavy atom. The Morgan fingerprint density at radius 2 is 1.49 bits per heavy atom. The lowest BCUT2D eigenvalue weighted by molar-refractivity contribution is -0.137. The minimum absolute atomic E-state index is 0.369. The van der Waals surface area contributed by atoms with Gasteiger partial charge in [-0.3, -0.25) is 0 Å². The van der Waals surface area contributed by atoms with Crippen LogP contribution in [0.2, 0.25) is 0 Å². The van der Waals surface area contributed by atoms with Crippen molar-refractivity contribution in [2.45, 2.75) is 72.1 Å². The third kappa shape index (κ3) is 7.96. The van der Waals surface area contributed by atoms with Gasteiger partial charge in [0.15, 0.2) is 0 Å². The van der Waals surface area contributed by atoms with Crippen molar-refractivity contribution < 1.29 is 9.53 Å². The molecular formula is C33H40O2. The molecular weight excluding hydrogens is 428 g/mol. The number of unbranched alkanes of at least 4 members (excludes halogenated alkanes) is 2. The van der Waals surface area contributed by atoms with E-state index in [-0.39, 0.29) is 5.97 Å². The molecule has 0 N–H and O–H groups in total. The zero-order valence-corrected chi connectivity index (χ0v) is 21.7. The first kappa shape index (κ1) is 26.5. The highest BCUT2D eigenvalue weighted by Crippen LogP contribution is 2.28. The maximum atomic E-state index is 11.4. The van der Waals surface area contributed by atoms with Crippen LogP contribution in [-0.4, -0.2) is 12.6 Å². The number of rotatable bonds is 13. The van der Waals surface area contributed by atoms with Gasteiger partial charge < -0.3 is 4.74 Å². The van der Waals surface area contributed by atoms with E-state index in [1.54, 1.807) is 0 Å². The van der Waals surface area contributed by atoms with Crippen molar-refractivity contribution in [1.82, 2.24) is 0 Å². The summed E-state index contributed by atoms with van der Waals surface area (Å²) in [6.45, 7) is 10.4. The van der Waals surface area contributed by atoms with E-state index in [2.05, 4.69) is 88.0 Å². The summed E-state index contributed by atoms with van der Waals surface area (Å²) in [6.07, 6.45) is 10.1. The topological polar surface area (TPSA) is 26.3 Å². The molecule has 3 rings (SSSR count). The molecule has 0 bridgehead atoms. The van der Waals surface area contributed by atoms with Crippen LogP contribution in [-0.2, 0) is 41.6 Å². The van der Waals surface area contributed by atoms with Crippen LogP contribution in [0.4, 0.5) is 0 Å². The third-order valence-electron chi connectivity index (χ3n) is 6.79. The number of hydrogen-bond acceptors (Lipinski definition) is 2. The van der Waals surface area contributed by atoms with Crippen LogP contribution in [0.1, 0.15) is 66.5 Å². The standard InChI is InChI=1S/C33H40O2/c1-5-8-9-10-26-12-14-27(15-13-26)16-17-28-18-20-32(29(6-2)23-28)31-19-11-25(4)30(24-31)21-22-35-33(34)7-3/h7,11-15,18-20,23-24H,3,5-6,8-10,16-17,21-22H2,1-2,4H3. The number of esters is 1. The van der Waals surface area contributed by atoms with Crippen LogP contribution >= 0.6 is 0 Å². The van der Waals surface area contributed by atoms with Crippen LogP contribution in [0.5, 0.6) is 0 Å². The largest absolute Gasteiger partial charge is 0.462 e. The van der Waals surface area contributed by atoms with E-state index in [0.29, 0.717) is 13.0 Å². The van der Waals surface area contributed by atoms with Gasteiger partial charge in [0, 0.05) is 12.5 Å². The van der Waals surface area contributed by atoms with Crippen molar-refractivity contribution >= 4 is 5.97 Å². The summed E-state index contributed by atoms with van der Waals surface area (Å²) >= 11 is 0. The molecule has 3 aromatic carbocycles. The second-order valence-electron chi connectivity index (χ2n) is 9.38. The highest BCUT2D eigenvalue weighted by atomic mass is 16.5. The molecule has 0 saturated carbocycles. The Balaban J connectivity index is 1.66. The van der Waals surface area contributed by atoms with E-state index in [1.165, 1.54) is 76.3 Å². The van der Waals surface area contributed by atoms with Gasteiger partial charge in [0.25, 0.3) is 0 Å². The maximum absolute atomic E-state index is 11.4. The lowest BCUT2D eigenvalue weighted by Crippen LogP contribution is -2.05. The molecule has 3 aromatic rings. The SMILES string of the molecule is C=CC(=O)OCCc1cc(-c2ccc(CCc3ccc(CCCCC)cc3)cc2CC)ccc1C. The van der Waals surface area contributed by atoms with Crippen molar-refractivity contribution in [2.24, 2.45) is 0 Å². The van der Waals surface area contributed by atoms with Gasteiger partial charge in [0.05, 0.1) is 6.61 Å². The molecule has 2 nitrogen and oxygen atoms in total. The Bertz CT molecular complexity index is 1110. The summed E-state index contributed by atoms with van der Waals surface area (Å²) in [4.78, 5) is 11.4. The number of hydrogen-bond donors (Lipinski definition) is 0. The van der Waals surface area contributed by atoms with Crippen molar-refractivity contribution in [2.75, 3.05) is 6.61 Å². The van der Waals surface area contributed by atoms with Gasteiger partial charge in [-0.25, -0.2) is 4.79 Å². The fourth-order valence-corrected chi connectivity index (χ4v) is 4.55. The molecule has 35 heavy (non-hydrogen) atoms. The molecule has 0 unspecified atom stereocenters. The average molecular weight is 469 g/mol. The highest BCUT2D eigenvalue weighted by molar-refractivity contribution is 5.81. The molecule has 2 heteroatoms. The molecule has 0 atom stereocenters. The lowest BCUT2D eigenvalue weighted by Gasteiger charge is -2.14. The molecule has 184 valence electrons. The lowest BCUT2D eigenvalue weighted by atomic mass is 9.92. The predicted octanol–water partition coefficient (Wildman–Crippen LogP) is 8.01. The summed E-state index contributed by atoms with van der Waals surface area (Å²) in [7, 11) is 0. The quantitative estimate of drug-likeness (QED) is 0.144. The van der Waals surface area contributed by atoms with Gasteiger partial charge in [0.1, 0.15) is 0 Å². The second kappa shape index (κ2) is 13.7. The molecule has 0 aliphatic carbocycles. The van der Waals surface area contributed by atoms with Crippen molar-refractivity contribution in [3.8, 4) is 11.1 Å². The smallest absolute Gasteiger partial charge is 0.330 e. The molecule has 0 fully saturated rings. The number of carbonyl (C=O) groups is 1. The molecule has 0 heterocycles. The van der Waals surface area contributed by atoms with Gasteiger partial charge in [-0.1, -0.05) is 93.9 Å². The molecule has 0 spiro atoms. The van der Waals surface area contributed by atoms with Gasteiger partial charge in [-0.15, -0.1) is 0 Å². The third-order valence-corrected chi connectivity index (χ3v) is 6.79. The summed E-state index contributed by atoms with van der Waals surface area (Å²) in [5.74, 6) is -0.370. The first-order valence-corrected chi connectivity index (χ1v) is 13.1. The Kier molecular flexibility index (Phi) is 10.3. The van der Waals surface area contributed by atoms with Crippen LogP contribution in [0, 0.1) is 6.92 Å². The average Bonchev–Trinajstić information content (AvgIpc) is 2.89. The van der Waals surface area contributed by atoms with Gasteiger partial charge in [-0.05, 0) is 83.5 Å². The maximum Gasteiger partial charge on any atom is 0.330 e. The van der Waals surface area contributed by atoms with E-state index >= 15 is 0 Å². The normalized spacial score (nSPS) is 10.8. The fraction of sp³-hybridized carbons (Fsp3) is 0.364. The van der Waals surface area contributed by atoms with Gasteiger partial charge >= 0.3 is 5.97 Å². The number of ether oxygens (including phenoxy) is 1. The van der Waals surface area contributed by atoms with E-state index in [1.807, 2.05) is 0 Å². The van der Waals surface area contributed by atoms with E-state index in [4.69, 9.17) is 4.74 Å². The van der Waals surface area contributed by atoms with Crippen LogP contribution < -0.4 is 0 Å². The number of benzene rings is 3. The molecule has 0 aliphatic heterocycles. The zero-order chi connectivity index (χ0) is 25.0. The Morgan fingerprint density at radius 1 is 0.800 bits per heavy atom. The number of carbonyl (C=O) groups excluding carboxylic acids is 1. The second-order valence-corrected chi connectivity index (χ2v) is 9.38. The predicted molar refractivity (Wildman–Crippen MR) is 148 cm³/mol. The minimum Gasteiger partial charge on any atom is -0.462 e. The Hall–Kier alpha value is -3.13. The summed E-state index contributed by atoms with van der Waals surface area (Å²) in [6, 6.07) is 22.7. The molecule has 0 aliphatic rings. The first-order chi connectivity index (χ1) is 17.0. The van der Waals surface area contributed by atoms with Crippen LogP contribution in [0.15, 0.2) is 73.3 Å². The zero-order valence-electron chi connectivity index (χ0n) is 21.7. The Labute approximate surface area is 212 Å². The van der Waals surface area contributed by atoms with E-state index in [9.17, 15) is 4.79 Å². The van der Waals surface area contributed by atoms with Gasteiger partial charge in [0.2, 0.25) is 0 Å². The van der Waals surface area contributed by atoms with Crippen molar-refractivity contribution in [1.29, 1.82) is 0 Å². The monoisotopic (exact) mass is 468 g/mol. The molecule has 0 amide bonds. The van der Waals surface area contributed by atoms with Crippen LogP contribution in [0.3, 0.4) is 0 Å². The van der Waals surface area contributed by atoms with Crippen molar-refractivity contribution in [3.63, 3.8) is 0 Å². The summed E-state index contributed by atoms with van der Waals surface area (Å²) in [5, 5.41) is 0. The molecule has 0 aromatic heterocycles. The minimum atomic E-state index is -0.370. The highest BCUT2D eigenvalue weighted by Gasteiger charge is 2.09. The number of aryl methyl sites for hydroxylation is 5. The van der Waals surface area contributed by atoms with E-state index < -0.39 is 0 Å². The fourth-order valence-electron chi connectivity index (χ4n) is 4.55. The van der Waals surface area contributed by atoms with Crippen molar-refractivity contribution in [3.05, 3.63) is 107 Å². The first-order valence-electron chi connectivity index (χ1n) is 13.1. The summed E-state index contributed by atoms with van der Waals surface area (Å²) < 4.78 is 5.19.